The summed E-state index contributed by atoms with van der Waals surface area (Å²) in [4.78, 5) is 25.9. The van der Waals surface area contributed by atoms with Crippen LogP contribution in [-0.4, -0.2) is 74.9 Å². The van der Waals surface area contributed by atoms with E-state index in [4.69, 9.17) is 9.47 Å². The van der Waals surface area contributed by atoms with Crippen LogP contribution in [0.25, 0.3) is 0 Å². The van der Waals surface area contributed by atoms with E-state index < -0.39 is 16.1 Å². The van der Waals surface area contributed by atoms with Gasteiger partial charge in [-0.05, 0) is 18.1 Å². The fourth-order valence-electron chi connectivity index (χ4n) is 3.41. The topological polar surface area (TPSA) is 105 Å². The van der Waals surface area contributed by atoms with E-state index in [1.165, 1.54) is 23.4 Å². The summed E-state index contributed by atoms with van der Waals surface area (Å²) in [5.74, 6) is 0.430. The zero-order chi connectivity index (χ0) is 21.2. The van der Waals surface area contributed by atoms with Gasteiger partial charge in [-0.3, -0.25) is 9.59 Å². The van der Waals surface area contributed by atoms with E-state index in [1.807, 2.05) is 13.8 Å². The normalized spacial score (nSPS) is 18.4. The van der Waals surface area contributed by atoms with Crippen molar-refractivity contribution in [2.75, 3.05) is 39.4 Å². The molecule has 9 nitrogen and oxygen atoms in total. The Kier molecular flexibility index (Phi) is 6.33. The van der Waals surface area contributed by atoms with Gasteiger partial charge in [0.1, 0.15) is 19.3 Å². The molecule has 1 saturated heterocycles. The molecule has 0 saturated carbocycles. The highest BCUT2D eigenvalue weighted by atomic mass is 32.2. The minimum Gasteiger partial charge on any atom is -0.486 e. The molecule has 0 bridgehead atoms. The number of amides is 2. The standard InChI is InChI=1S/C19H27N3O6S/c1-13(2)18(20-14(3)23)19(24)21-6-8-22(9-7-21)29(25,26)15-4-5-16-17(12-15)28-11-10-27-16/h4-5,12-13,18H,6-11H2,1-3H3,(H,20,23)/t18-/m1/s1. The predicted molar refractivity (Wildman–Crippen MR) is 105 cm³/mol. The van der Waals surface area contributed by atoms with Crippen molar-refractivity contribution in [3.8, 4) is 11.5 Å². The van der Waals surface area contributed by atoms with Gasteiger partial charge < -0.3 is 19.7 Å². The van der Waals surface area contributed by atoms with E-state index in [1.54, 1.807) is 11.0 Å². The summed E-state index contributed by atoms with van der Waals surface area (Å²) in [6, 6.07) is 3.97. The fraction of sp³-hybridized carbons (Fsp3) is 0.579. The molecule has 3 rings (SSSR count). The molecule has 2 amide bonds. The minimum absolute atomic E-state index is 0.0640. The molecule has 0 spiro atoms. The molecular weight excluding hydrogens is 398 g/mol. The van der Waals surface area contributed by atoms with Gasteiger partial charge in [0.2, 0.25) is 21.8 Å². The number of piperazine rings is 1. The van der Waals surface area contributed by atoms with Crippen molar-refractivity contribution in [3.05, 3.63) is 18.2 Å². The number of fused-ring (bicyclic) bond motifs is 1. The third-order valence-electron chi connectivity index (χ3n) is 4.99. The summed E-state index contributed by atoms with van der Waals surface area (Å²) in [5.41, 5.74) is 0. The lowest BCUT2D eigenvalue weighted by atomic mass is 10.0. The maximum atomic E-state index is 13.0. The van der Waals surface area contributed by atoms with Crippen LogP contribution in [0, 0.1) is 5.92 Å². The molecule has 160 valence electrons. The number of ether oxygens (including phenoxy) is 2. The van der Waals surface area contributed by atoms with Crippen LogP contribution in [0.4, 0.5) is 0 Å². The number of rotatable bonds is 5. The molecule has 1 aromatic carbocycles. The first kappa shape index (κ1) is 21.4. The largest absolute Gasteiger partial charge is 0.486 e. The van der Waals surface area contributed by atoms with Gasteiger partial charge >= 0.3 is 0 Å². The number of carbonyl (C=O) groups is 2. The summed E-state index contributed by atoms with van der Waals surface area (Å²) in [6.07, 6.45) is 0. The van der Waals surface area contributed by atoms with E-state index >= 15 is 0 Å². The van der Waals surface area contributed by atoms with E-state index in [0.717, 1.165) is 0 Å². The Hall–Kier alpha value is -2.33. The fourth-order valence-corrected chi connectivity index (χ4v) is 4.85. The van der Waals surface area contributed by atoms with E-state index in [0.29, 0.717) is 24.7 Å². The average Bonchev–Trinajstić information content (AvgIpc) is 2.71. The predicted octanol–water partition coefficient (Wildman–Crippen LogP) is 0.451. The van der Waals surface area contributed by atoms with Crippen LogP contribution < -0.4 is 14.8 Å². The Labute approximate surface area is 171 Å². The zero-order valence-corrected chi connectivity index (χ0v) is 17.7. The second-order valence-electron chi connectivity index (χ2n) is 7.46. The molecule has 1 aromatic rings. The maximum absolute atomic E-state index is 13.0. The van der Waals surface area contributed by atoms with Crippen LogP contribution in [0.3, 0.4) is 0 Å². The highest BCUT2D eigenvalue weighted by Crippen LogP contribution is 2.33. The molecule has 1 fully saturated rings. The molecule has 0 aliphatic carbocycles. The lowest BCUT2D eigenvalue weighted by Gasteiger charge is -2.36. The molecule has 0 unspecified atom stereocenters. The SMILES string of the molecule is CC(=O)N[C@@H](C(=O)N1CCN(S(=O)(=O)c2ccc3c(c2)OCCO3)CC1)C(C)C. The number of sulfonamides is 1. The van der Waals surface area contributed by atoms with E-state index in [-0.39, 0.29) is 48.8 Å². The van der Waals surface area contributed by atoms with E-state index in [2.05, 4.69) is 5.32 Å². The molecule has 0 radical (unpaired) electrons. The highest BCUT2D eigenvalue weighted by Gasteiger charge is 2.34. The quantitative estimate of drug-likeness (QED) is 0.735. The minimum atomic E-state index is -3.71. The van der Waals surface area contributed by atoms with Crippen LogP contribution in [0.1, 0.15) is 20.8 Å². The molecule has 10 heteroatoms. The Bertz CT molecular complexity index is 878. The van der Waals surface area contributed by atoms with Crippen LogP contribution in [0.2, 0.25) is 0 Å². The van der Waals surface area contributed by atoms with Gasteiger partial charge in [0.05, 0.1) is 4.90 Å². The molecule has 2 aliphatic rings. The third-order valence-corrected chi connectivity index (χ3v) is 6.89. The van der Waals surface area contributed by atoms with Gasteiger partial charge in [-0.1, -0.05) is 13.8 Å². The lowest BCUT2D eigenvalue weighted by Crippen LogP contribution is -2.56. The van der Waals surface area contributed by atoms with Gasteiger partial charge in [-0.15, -0.1) is 0 Å². The number of hydrogen-bond acceptors (Lipinski definition) is 6. The molecule has 2 aliphatic heterocycles. The van der Waals surface area contributed by atoms with Gasteiger partial charge in [0.15, 0.2) is 11.5 Å². The van der Waals surface area contributed by atoms with Crippen molar-refractivity contribution >= 4 is 21.8 Å². The molecule has 1 atom stereocenters. The van der Waals surface area contributed by atoms with Crippen molar-refractivity contribution < 1.29 is 27.5 Å². The van der Waals surface area contributed by atoms with Gasteiger partial charge in [0.25, 0.3) is 0 Å². The average molecular weight is 426 g/mol. The highest BCUT2D eigenvalue weighted by molar-refractivity contribution is 7.89. The Balaban J connectivity index is 1.68. The van der Waals surface area contributed by atoms with Gasteiger partial charge in [0, 0.05) is 39.2 Å². The third kappa shape index (κ3) is 4.64. The van der Waals surface area contributed by atoms with Crippen LogP contribution in [0.15, 0.2) is 23.1 Å². The number of hydrogen-bond donors (Lipinski definition) is 1. The lowest BCUT2D eigenvalue weighted by molar-refractivity contribution is -0.138. The van der Waals surface area contributed by atoms with Crippen LogP contribution in [0.5, 0.6) is 11.5 Å². The summed E-state index contributed by atoms with van der Waals surface area (Å²) in [7, 11) is -3.71. The summed E-state index contributed by atoms with van der Waals surface area (Å²) >= 11 is 0. The molecule has 1 N–H and O–H groups in total. The first-order valence-electron chi connectivity index (χ1n) is 9.66. The van der Waals surface area contributed by atoms with Crippen molar-refractivity contribution in [2.45, 2.75) is 31.7 Å². The van der Waals surface area contributed by atoms with Crippen molar-refractivity contribution in [3.63, 3.8) is 0 Å². The summed E-state index contributed by atoms with van der Waals surface area (Å²) in [6.45, 7) is 6.83. The van der Waals surface area contributed by atoms with Crippen LogP contribution >= 0.6 is 0 Å². The van der Waals surface area contributed by atoms with Gasteiger partial charge in [-0.25, -0.2) is 8.42 Å². The Morgan fingerprint density at radius 1 is 1.03 bits per heavy atom. The summed E-state index contributed by atoms with van der Waals surface area (Å²) in [5, 5.41) is 2.68. The number of carbonyl (C=O) groups excluding carboxylic acids is 2. The van der Waals surface area contributed by atoms with Crippen molar-refractivity contribution in [1.29, 1.82) is 0 Å². The van der Waals surface area contributed by atoms with Crippen LogP contribution in [-0.2, 0) is 19.6 Å². The number of nitrogens with zero attached hydrogens (tertiary/aromatic N) is 2. The second kappa shape index (κ2) is 8.58. The second-order valence-corrected chi connectivity index (χ2v) is 9.39. The smallest absolute Gasteiger partial charge is 0.245 e. The van der Waals surface area contributed by atoms with Gasteiger partial charge in [-0.2, -0.15) is 4.31 Å². The van der Waals surface area contributed by atoms with Crippen molar-refractivity contribution in [1.82, 2.24) is 14.5 Å². The monoisotopic (exact) mass is 425 g/mol. The molecule has 0 aromatic heterocycles. The molecule has 2 heterocycles. The van der Waals surface area contributed by atoms with Crippen molar-refractivity contribution in [2.24, 2.45) is 5.92 Å². The summed E-state index contributed by atoms with van der Waals surface area (Å²) < 4.78 is 38.3. The molecule has 29 heavy (non-hydrogen) atoms. The Morgan fingerprint density at radius 3 is 2.24 bits per heavy atom. The maximum Gasteiger partial charge on any atom is 0.245 e. The number of nitrogens with one attached hydrogen (secondary N) is 1. The Morgan fingerprint density at radius 2 is 1.66 bits per heavy atom. The zero-order valence-electron chi connectivity index (χ0n) is 16.9. The first-order valence-corrected chi connectivity index (χ1v) is 11.1. The first-order chi connectivity index (χ1) is 13.7. The number of benzene rings is 1. The molecular formula is C19H27N3O6S. The van der Waals surface area contributed by atoms with E-state index in [9.17, 15) is 18.0 Å².